The molecule has 1 amide bonds. The summed E-state index contributed by atoms with van der Waals surface area (Å²) in [5, 5.41) is 0.658. The molecule has 0 saturated heterocycles. The first-order valence-corrected chi connectivity index (χ1v) is 8.74. The Morgan fingerprint density at radius 3 is 2.60 bits per heavy atom. The fourth-order valence-corrected chi connectivity index (χ4v) is 2.60. The van der Waals surface area contributed by atoms with E-state index in [-0.39, 0.29) is 5.91 Å². The van der Waals surface area contributed by atoms with Crippen molar-refractivity contribution in [3.63, 3.8) is 0 Å². The number of nitrogens with zero attached hydrogens (tertiary/aromatic N) is 1. The van der Waals surface area contributed by atoms with E-state index in [9.17, 15) is 4.79 Å². The Hall–Kier alpha value is -2.20. The smallest absolute Gasteiger partial charge is 0.253 e. The molecular formula is C20H24ClNO3. The van der Waals surface area contributed by atoms with E-state index in [1.807, 2.05) is 31.3 Å². The van der Waals surface area contributed by atoms with Crippen LogP contribution in [-0.4, -0.2) is 31.5 Å². The average molecular weight is 362 g/mol. The molecule has 0 aliphatic rings. The van der Waals surface area contributed by atoms with Gasteiger partial charge in [-0.2, -0.15) is 0 Å². The molecule has 0 heterocycles. The molecule has 134 valence electrons. The predicted octanol–water partition coefficient (Wildman–Crippen LogP) is 4.80. The maximum atomic E-state index is 12.5. The molecule has 0 saturated carbocycles. The molecule has 4 nitrogen and oxygen atoms in total. The number of unbranched alkanes of at least 4 members (excludes halogenated alkanes) is 1. The number of hydrogen-bond acceptors (Lipinski definition) is 3. The van der Waals surface area contributed by atoms with Crippen molar-refractivity contribution in [1.29, 1.82) is 0 Å². The molecule has 0 aliphatic heterocycles. The maximum absolute atomic E-state index is 12.5. The van der Waals surface area contributed by atoms with Gasteiger partial charge in [-0.1, -0.05) is 43.1 Å². The van der Waals surface area contributed by atoms with Gasteiger partial charge in [-0.3, -0.25) is 4.79 Å². The van der Waals surface area contributed by atoms with Crippen molar-refractivity contribution in [2.75, 3.05) is 20.7 Å². The molecule has 0 fully saturated rings. The third-order valence-corrected chi connectivity index (χ3v) is 4.31. The van der Waals surface area contributed by atoms with Crippen molar-refractivity contribution in [3.05, 3.63) is 58.6 Å². The van der Waals surface area contributed by atoms with Crippen LogP contribution < -0.4 is 9.47 Å². The molecule has 5 heteroatoms. The fourth-order valence-electron chi connectivity index (χ4n) is 2.41. The van der Waals surface area contributed by atoms with E-state index >= 15 is 0 Å². The molecule has 25 heavy (non-hydrogen) atoms. The molecule has 2 rings (SSSR count). The van der Waals surface area contributed by atoms with E-state index in [4.69, 9.17) is 21.1 Å². The summed E-state index contributed by atoms with van der Waals surface area (Å²) in [5.41, 5.74) is 1.48. The Morgan fingerprint density at radius 2 is 1.92 bits per heavy atom. The number of carbonyl (C=O) groups is 1. The normalized spacial score (nSPS) is 10.4. The zero-order valence-corrected chi connectivity index (χ0v) is 15.7. The first kappa shape index (κ1) is 19.1. The first-order chi connectivity index (χ1) is 12.1. The highest BCUT2D eigenvalue weighted by Gasteiger charge is 2.15. The SMILES string of the molecule is CCCCN(C)C(=O)c1ccc(OCc2ccccc2Cl)c(OC)c1. The van der Waals surface area contributed by atoms with Crippen molar-refractivity contribution in [1.82, 2.24) is 4.90 Å². The summed E-state index contributed by atoms with van der Waals surface area (Å²) in [6.07, 6.45) is 2.04. The number of benzene rings is 2. The van der Waals surface area contributed by atoms with E-state index in [1.165, 1.54) is 0 Å². The van der Waals surface area contributed by atoms with Gasteiger partial charge in [-0.15, -0.1) is 0 Å². The first-order valence-electron chi connectivity index (χ1n) is 8.36. The molecule has 0 unspecified atom stereocenters. The van der Waals surface area contributed by atoms with E-state index < -0.39 is 0 Å². The van der Waals surface area contributed by atoms with E-state index in [0.717, 1.165) is 24.9 Å². The van der Waals surface area contributed by atoms with Crippen LogP contribution in [0.5, 0.6) is 11.5 Å². The number of rotatable bonds is 8. The molecule has 0 spiro atoms. The molecule has 0 aromatic heterocycles. The monoisotopic (exact) mass is 361 g/mol. The Balaban J connectivity index is 2.11. The Labute approximate surface area is 154 Å². The van der Waals surface area contributed by atoms with Crippen molar-refractivity contribution in [3.8, 4) is 11.5 Å². The highest BCUT2D eigenvalue weighted by atomic mass is 35.5. The van der Waals surface area contributed by atoms with Gasteiger partial charge in [0.15, 0.2) is 11.5 Å². The molecule has 2 aromatic rings. The largest absolute Gasteiger partial charge is 0.493 e. The second-order valence-corrected chi connectivity index (χ2v) is 6.23. The van der Waals surface area contributed by atoms with Crippen LogP contribution in [0.25, 0.3) is 0 Å². The van der Waals surface area contributed by atoms with Crippen LogP contribution in [0.15, 0.2) is 42.5 Å². The molecule has 0 aliphatic carbocycles. The lowest BCUT2D eigenvalue weighted by Crippen LogP contribution is -2.27. The summed E-state index contributed by atoms with van der Waals surface area (Å²) in [6, 6.07) is 12.8. The number of ether oxygens (including phenoxy) is 2. The Bertz CT molecular complexity index is 718. The maximum Gasteiger partial charge on any atom is 0.253 e. The Morgan fingerprint density at radius 1 is 1.16 bits per heavy atom. The van der Waals surface area contributed by atoms with E-state index in [2.05, 4.69) is 6.92 Å². The molecule has 0 bridgehead atoms. The Kier molecular flexibility index (Phi) is 7.14. The van der Waals surface area contributed by atoms with Gasteiger partial charge < -0.3 is 14.4 Å². The number of carbonyl (C=O) groups excluding carboxylic acids is 1. The van der Waals surface area contributed by atoms with Gasteiger partial charge in [-0.05, 0) is 30.7 Å². The van der Waals surface area contributed by atoms with Crippen LogP contribution in [0.1, 0.15) is 35.7 Å². The van der Waals surface area contributed by atoms with Crippen LogP contribution in [0.4, 0.5) is 0 Å². The van der Waals surface area contributed by atoms with Gasteiger partial charge in [0.1, 0.15) is 6.61 Å². The third kappa shape index (κ3) is 5.13. The topological polar surface area (TPSA) is 38.8 Å². The summed E-state index contributed by atoms with van der Waals surface area (Å²) >= 11 is 6.15. The van der Waals surface area contributed by atoms with Crippen LogP contribution in [-0.2, 0) is 6.61 Å². The summed E-state index contributed by atoms with van der Waals surface area (Å²) in [6.45, 7) is 3.18. The van der Waals surface area contributed by atoms with Crippen LogP contribution in [0.3, 0.4) is 0 Å². The second-order valence-electron chi connectivity index (χ2n) is 5.83. The lowest BCUT2D eigenvalue weighted by atomic mass is 10.1. The lowest BCUT2D eigenvalue weighted by molar-refractivity contribution is 0.0793. The molecule has 2 aromatic carbocycles. The van der Waals surface area contributed by atoms with Crippen LogP contribution in [0.2, 0.25) is 5.02 Å². The lowest BCUT2D eigenvalue weighted by Gasteiger charge is -2.18. The van der Waals surface area contributed by atoms with Crippen molar-refractivity contribution >= 4 is 17.5 Å². The zero-order chi connectivity index (χ0) is 18.2. The summed E-state index contributed by atoms with van der Waals surface area (Å²) in [7, 11) is 3.37. The number of hydrogen-bond donors (Lipinski definition) is 0. The number of halogens is 1. The molecule has 0 atom stereocenters. The van der Waals surface area contributed by atoms with Gasteiger partial charge >= 0.3 is 0 Å². The standard InChI is InChI=1S/C20H24ClNO3/c1-4-5-12-22(2)20(23)15-10-11-18(19(13-15)24-3)25-14-16-8-6-7-9-17(16)21/h6-11,13H,4-5,12,14H2,1-3H3. The van der Waals surface area contributed by atoms with E-state index in [0.29, 0.717) is 28.7 Å². The second kappa shape index (κ2) is 9.33. The van der Waals surface area contributed by atoms with Crippen molar-refractivity contribution in [2.45, 2.75) is 26.4 Å². The van der Waals surface area contributed by atoms with Crippen molar-refractivity contribution in [2.24, 2.45) is 0 Å². The fraction of sp³-hybridized carbons (Fsp3) is 0.350. The highest BCUT2D eigenvalue weighted by Crippen LogP contribution is 2.30. The number of amides is 1. The number of methoxy groups -OCH3 is 1. The van der Waals surface area contributed by atoms with Gasteiger partial charge in [0, 0.05) is 29.7 Å². The summed E-state index contributed by atoms with van der Waals surface area (Å²) in [5.74, 6) is 1.08. The minimum absolute atomic E-state index is 0.0237. The minimum Gasteiger partial charge on any atom is -0.493 e. The quantitative estimate of drug-likeness (QED) is 0.678. The van der Waals surface area contributed by atoms with Crippen molar-refractivity contribution < 1.29 is 14.3 Å². The van der Waals surface area contributed by atoms with Crippen LogP contribution in [0, 0.1) is 0 Å². The molecular weight excluding hydrogens is 338 g/mol. The van der Waals surface area contributed by atoms with Crippen LogP contribution >= 0.6 is 11.6 Å². The molecule has 0 N–H and O–H groups in total. The molecule has 0 radical (unpaired) electrons. The van der Waals surface area contributed by atoms with Gasteiger partial charge in [0.2, 0.25) is 0 Å². The highest BCUT2D eigenvalue weighted by molar-refractivity contribution is 6.31. The average Bonchev–Trinajstić information content (AvgIpc) is 2.64. The summed E-state index contributed by atoms with van der Waals surface area (Å²) < 4.78 is 11.2. The third-order valence-electron chi connectivity index (χ3n) is 3.95. The predicted molar refractivity (Wildman–Crippen MR) is 101 cm³/mol. The van der Waals surface area contributed by atoms with E-state index in [1.54, 1.807) is 30.2 Å². The minimum atomic E-state index is -0.0237. The zero-order valence-electron chi connectivity index (χ0n) is 14.9. The van der Waals surface area contributed by atoms with Gasteiger partial charge in [0.05, 0.1) is 7.11 Å². The summed E-state index contributed by atoms with van der Waals surface area (Å²) in [4.78, 5) is 14.2. The van der Waals surface area contributed by atoms with Gasteiger partial charge in [0.25, 0.3) is 5.91 Å². The van der Waals surface area contributed by atoms with Gasteiger partial charge in [-0.25, -0.2) is 0 Å².